The van der Waals surface area contributed by atoms with E-state index < -0.39 is 0 Å². The van der Waals surface area contributed by atoms with Crippen molar-refractivity contribution in [2.24, 2.45) is 7.05 Å². The van der Waals surface area contributed by atoms with Gasteiger partial charge in [0.05, 0.1) is 17.9 Å². The Bertz CT molecular complexity index is 710. The normalized spacial score (nSPS) is 28.7. The smallest absolute Gasteiger partial charge is 0.244 e. The zero-order chi connectivity index (χ0) is 16.7. The summed E-state index contributed by atoms with van der Waals surface area (Å²) >= 11 is 1.76. The lowest BCUT2D eigenvalue weighted by Gasteiger charge is -2.38. The monoisotopic (exact) mass is 344 g/mol. The van der Waals surface area contributed by atoms with Gasteiger partial charge < -0.3 is 4.90 Å². The lowest BCUT2D eigenvalue weighted by atomic mass is 10.00. The average Bonchev–Trinajstić information content (AvgIpc) is 3.28. The Hall–Kier alpha value is -1.66. The van der Waals surface area contributed by atoms with Crippen molar-refractivity contribution in [2.45, 2.75) is 44.2 Å². The molecule has 0 bridgehead atoms. The number of carbonyl (C=O) groups is 1. The van der Waals surface area contributed by atoms with Gasteiger partial charge in [-0.1, -0.05) is 0 Å². The number of aromatic nitrogens is 2. The summed E-state index contributed by atoms with van der Waals surface area (Å²) in [6.07, 6.45) is 6.89. The number of hydrogen-bond donors (Lipinski definition) is 0. The summed E-state index contributed by atoms with van der Waals surface area (Å²) in [5.41, 5.74) is 2.36. The lowest BCUT2D eigenvalue weighted by Crippen LogP contribution is -2.53. The van der Waals surface area contributed by atoms with Crippen LogP contribution in [0.2, 0.25) is 0 Å². The highest BCUT2D eigenvalue weighted by molar-refractivity contribution is 7.08. The van der Waals surface area contributed by atoms with Crippen molar-refractivity contribution in [1.29, 1.82) is 0 Å². The number of likely N-dealkylation sites (tertiary alicyclic amines) is 1. The molecule has 128 valence electrons. The Morgan fingerprint density at radius 3 is 2.96 bits per heavy atom. The van der Waals surface area contributed by atoms with Gasteiger partial charge in [0.15, 0.2) is 0 Å². The van der Waals surface area contributed by atoms with Crippen LogP contribution in [0.25, 0.3) is 0 Å². The van der Waals surface area contributed by atoms with Crippen LogP contribution >= 0.6 is 11.3 Å². The fourth-order valence-corrected chi connectivity index (χ4v) is 4.95. The van der Waals surface area contributed by atoms with Crippen LogP contribution < -0.4 is 4.90 Å². The van der Waals surface area contributed by atoms with Gasteiger partial charge in [-0.25, -0.2) is 0 Å². The molecule has 2 saturated heterocycles. The van der Waals surface area contributed by atoms with Gasteiger partial charge in [0.1, 0.15) is 0 Å². The van der Waals surface area contributed by atoms with E-state index in [0.717, 1.165) is 38.0 Å². The van der Waals surface area contributed by atoms with E-state index in [0.29, 0.717) is 12.0 Å². The van der Waals surface area contributed by atoms with Crippen LogP contribution in [0.5, 0.6) is 0 Å². The zero-order valence-corrected chi connectivity index (χ0v) is 15.1. The Kier molecular flexibility index (Phi) is 4.18. The second kappa shape index (κ2) is 6.33. The number of nitrogens with zero attached hydrogens (tertiary/aromatic N) is 4. The van der Waals surface area contributed by atoms with Gasteiger partial charge in [-0.3, -0.25) is 14.4 Å². The van der Waals surface area contributed by atoms with Gasteiger partial charge >= 0.3 is 0 Å². The van der Waals surface area contributed by atoms with E-state index in [1.54, 1.807) is 22.2 Å². The number of hydrogen-bond acceptors (Lipinski definition) is 4. The first kappa shape index (κ1) is 15.8. The maximum absolute atomic E-state index is 13.1. The molecule has 1 amide bonds. The molecule has 0 saturated carbocycles. The molecule has 2 aliphatic heterocycles. The van der Waals surface area contributed by atoms with Gasteiger partial charge in [0.2, 0.25) is 5.91 Å². The van der Waals surface area contributed by atoms with E-state index in [-0.39, 0.29) is 11.9 Å². The fourth-order valence-electron chi connectivity index (χ4n) is 4.21. The third kappa shape index (κ3) is 2.78. The van der Waals surface area contributed by atoms with Crippen molar-refractivity contribution in [2.75, 3.05) is 18.0 Å². The van der Waals surface area contributed by atoms with Gasteiger partial charge in [-0.05, 0) is 54.5 Å². The summed E-state index contributed by atoms with van der Waals surface area (Å²) in [7, 11) is 1.89. The minimum atomic E-state index is 0.0117. The third-order valence-corrected chi connectivity index (χ3v) is 6.15. The first-order valence-corrected chi connectivity index (χ1v) is 9.65. The Labute approximate surface area is 146 Å². The molecule has 0 spiro atoms. The predicted molar refractivity (Wildman–Crippen MR) is 96.4 cm³/mol. The molecule has 0 aromatic carbocycles. The topological polar surface area (TPSA) is 41.4 Å². The van der Waals surface area contributed by atoms with E-state index in [1.165, 1.54) is 5.56 Å². The standard InChI is InChI=1S/C18H24N4OS/c1-13-8-15(14-5-7-24-12-14)10-22(13)17-4-3-6-21(18(17)23)16-9-19-20(2)11-16/h5,7,9,11-13,15,17H,3-4,6,8,10H2,1-2H3. The summed E-state index contributed by atoms with van der Waals surface area (Å²) < 4.78 is 1.76. The quantitative estimate of drug-likeness (QED) is 0.860. The van der Waals surface area contributed by atoms with Gasteiger partial charge in [-0.15, -0.1) is 0 Å². The molecule has 0 aliphatic carbocycles. The van der Waals surface area contributed by atoms with Gasteiger partial charge in [-0.2, -0.15) is 16.4 Å². The SMILES string of the molecule is CC1CC(c2ccsc2)CN1C1CCCN(c2cnn(C)c2)C1=O. The van der Waals surface area contributed by atoms with Crippen LogP contribution in [-0.2, 0) is 11.8 Å². The Morgan fingerprint density at radius 2 is 2.25 bits per heavy atom. The first-order valence-electron chi connectivity index (χ1n) is 8.71. The number of piperidine rings is 1. The van der Waals surface area contributed by atoms with Crippen molar-refractivity contribution in [1.82, 2.24) is 14.7 Å². The molecule has 2 fully saturated rings. The van der Waals surface area contributed by atoms with E-state index >= 15 is 0 Å². The number of thiophene rings is 1. The molecule has 2 aromatic rings. The molecule has 4 rings (SSSR count). The molecule has 0 N–H and O–H groups in total. The molecule has 5 nitrogen and oxygen atoms in total. The van der Waals surface area contributed by atoms with E-state index in [2.05, 4.69) is 33.7 Å². The van der Waals surface area contributed by atoms with E-state index in [9.17, 15) is 4.79 Å². The minimum Gasteiger partial charge on any atom is -0.308 e. The number of rotatable bonds is 3. The highest BCUT2D eigenvalue weighted by Crippen LogP contribution is 2.36. The Balaban J connectivity index is 1.52. The highest BCUT2D eigenvalue weighted by atomic mass is 32.1. The maximum atomic E-state index is 13.1. The molecule has 3 unspecified atom stereocenters. The highest BCUT2D eigenvalue weighted by Gasteiger charge is 2.41. The summed E-state index contributed by atoms with van der Waals surface area (Å²) in [5, 5.41) is 8.63. The fraction of sp³-hybridized carbons (Fsp3) is 0.556. The van der Waals surface area contributed by atoms with Crippen molar-refractivity contribution < 1.29 is 4.79 Å². The maximum Gasteiger partial charge on any atom is 0.244 e. The summed E-state index contributed by atoms with van der Waals surface area (Å²) in [4.78, 5) is 17.5. The molecule has 6 heteroatoms. The number of carbonyl (C=O) groups excluding carboxylic acids is 1. The number of anilines is 1. The molecule has 3 atom stereocenters. The Morgan fingerprint density at radius 1 is 1.38 bits per heavy atom. The summed E-state index contributed by atoms with van der Waals surface area (Å²) in [5.74, 6) is 0.805. The number of aryl methyl sites for hydroxylation is 1. The number of amides is 1. The molecular formula is C18H24N4OS. The van der Waals surface area contributed by atoms with Crippen LogP contribution in [0.4, 0.5) is 5.69 Å². The van der Waals surface area contributed by atoms with Crippen LogP contribution in [0, 0.1) is 0 Å². The molecule has 2 aromatic heterocycles. The lowest BCUT2D eigenvalue weighted by molar-refractivity contribution is -0.125. The summed E-state index contributed by atoms with van der Waals surface area (Å²) in [6, 6.07) is 2.70. The second-order valence-electron chi connectivity index (χ2n) is 7.06. The van der Waals surface area contributed by atoms with Crippen LogP contribution in [0.15, 0.2) is 29.2 Å². The van der Waals surface area contributed by atoms with E-state index in [1.807, 2.05) is 18.1 Å². The van der Waals surface area contributed by atoms with Crippen molar-refractivity contribution in [3.8, 4) is 0 Å². The van der Waals surface area contributed by atoms with Crippen LogP contribution in [0.1, 0.15) is 37.7 Å². The predicted octanol–water partition coefficient (Wildman–Crippen LogP) is 2.86. The van der Waals surface area contributed by atoms with Crippen molar-refractivity contribution >= 4 is 22.9 Å². The van der Waals surface area contributed by atoms with E-state index in [4.69, 9.17) is 0 Å². The van der Waals surface area contributed by atoms with Crippen LogP contribution in [-0.4, -0.2) is 45.8 Å². The molecule has 4 heterocycles. The third-order valence-electron chi connectivity index (χ3n) is 5.45. The average molecular weight is 344 g/mol. The second-order valence-corrected chi connectivity index (χ2v) is 7.84. The molecular weight excluding hydrogens is 320 g/mol. The molecule has 2 aliphatic rings. The largest absolute Gasteiger partial charge is 0.308 e. The van der Waals surface area contributed by atoms with Gasteiger partial charge in [0, 0.05) is 32.4 Å². The summed E-state index contributed by atoms with van der Waals surface area (Å²) in [6.45, 7) is 4.06. The zero-order valence-electron chi connectivity index (χ0n) is 14.3. The van der Waals surface area contributed by atoms with Gasteiger partial charge in [0.25, 0.3) is 0 Å². The molecule has 0 radical (unpaired) electrons. The van der Waals surface area contributed by atoms with Crippen molar-refractivity contribution in [3.63, 3.8) is 0 Å². The van der Waals surface area contributed by atoms with Crippen LogP contribution in [0.3, 0.4) is 0 Å². The first-order chi connectivity index (χ1) is 11.6. The van der Waals surface area contributed by atoms with Crippen molar-refractivity contribution in [3.05, 3.63) is 34.8 Å². The molecule has 24 heavy (non-hydrogen) atoms. The minimum absolute atomic E-state index is 0.0117.